The molecule has 2 fully saturated rings. The number of para-hydroxylation sites is 1. The molecule has 6 nitrogen and oxygen atoms in total. The number of imide groups is 1. The molecule has 1 saturated carbocycles. The molecule has 1 aromatic carbocycles. The van der Waals surface area contributed by atoms with Crippen LogP contribution in [0.4, 0.5) is 10.5 Å². The molecule has 30 heavy (non-hydrogen) atoms. The molecule has 0 bridgehead atoms. The fraction of sp³-hybridized carbons (Fsp3) is 0.625. The van der Waals surface area contributed by atoms with Crippen LogP contribution in [0, 0.1) is 5.92 Å². The van der Waals surface area contributed by atoms with Crippen LogP contribution in [0.1, 0.15) is 89.7 Å². The van der Waals surface area contributed by atoms with E-state index in [0.29, 0.717) is 18.8 Å². The predicted octanol–water partition coefficient (Wildman–Crippen LogP) is 4.76. The van der Waals surface area contributed by atoms with Crippen LogP contribution in [0.15, 0.2) is 18.2 Å². The Morgan fingerprint density at radius 1 is 1.13 bits per heavy atom. The highest BCUT2D eigenvalue weighted by atomic mass is 16.2. The lowest BCUT2D eigenvalue weighted by molar-refractivity contribution is -0.135. The van der Waals surface area contributed by atoms with E-state index in [2.05, 4.69) is 45.3 Å². The fourth-order valence-corrected chi connectivity index (χ4v) is 4.76. The summed E-state index contributed by atoms with van der Waals surface area (Å²) in [6.07, 6.45) is 4.27. The summed E-state index contributed by atoms with van der Waals surface area (Å²) in [4.78, 5) is 39.6. The van der Waals surface area contributed by atoms with Crippen molar-refractivity contribution in [2.45, 2.75) is 84.1 Å². The molecule has 4 amide bonds. The van der Waals surface area contributed by atoms with E-state index in [9.17, 15) is 14.4 Å². The summed E-state index contributed by atoms with van der Waals surface area (Å²) < 4.78 is 0. The Balaban J connectivity index is 1.75. The van der Waals surface area contributed by atoms with Gasteiger partial charge in [0, 0.05) is 5.69 Å². The second-order valence-electron chi connectivity index (χ2n) is 9.42. The third-order valence-corrected chi connectivity index (χ3v) is 6.72. The van der Waals surface area contributed by atoms with Gasteiger partial charge in [-0.25, -0.2) is 4.79 Å². The minimum atomic E-state index is -0.817. The molecule has 1 spiro atoms. The van der Waals surface area contributed by atoms with Gasteiger partial charge in [-0.3, -0.25) is 14.5 Å². The zero-order valence-electron chi connectivity index (χ0n) is 18.9. The van der Waals surface area contributed by atoms with Gasteiger partial charge in [0.25, 0.3) is 5.91 Å². The molecule has 2 N–H and O–H groups in total. The Hall–Kier alpha value is -2.37. The van der Waals surface area contributed by atoms with Gasteiger partial charge in [0.15, 0.2) is 0 Å². The van der Waals surface area contributed by atoms with Crippen molar-refractivity contribution in [2.24, 2.45) is 5.92 Å². The maximum absolute atomic E-state index is 13.1. The summed E-state index contributed by atoms with van der Waals surface area (Å²) in [6.45, 7) is 10.3. The average Bonchev–Trinajstić information content (AvgIpc) is 2.92. The van der Waals surface area contributed by atoms with E-state index in [0.717, 1.165) is 41.0 Å². The lowest BCUT2D eigenvalue weighted by Gasteiger charge is -2.34. The first-order valence-electron chi connectivity index (χ1n) is 11.2. The third kappa shape index (κ3) is 4.23. The predicted molar refractivity (Wildman–Crippen MR) is 118 cm³/mol. The summed E-state index contributed by atoms with van der Waals surface area (Å²) in [7, 11) is 0. The zero-order chi connectivity index (χ0) is 22.1. The van der Waals surface area contributed by atoms with Crippen LogP contribution >= 0.6 is 0 Å². The number of hydrogen-bond donors (Lipinski definition) is 2. The van der Waals surface area contributed by atoms with Gasteiger partial charge in [0.05, 0.1) is 0 Å². The average molecular weight is 414 g/mol. The summed E-state index contributed by atoms with van der Waals surface area (Å²) in [5.74, 6) is 0.506. The van der Waals surface area contributed by atoms with E-state index in [1.165, 1.54) is 0 Å². The topological polar surface area (TPSA) is 78.5 Å². The third-order valence-electron chi connectivity index (χ3n) is 6.72. The van der Waals surface area contributed by atoms with E-state index in [1.807, 2.05) is 18.2 Å². The first-order chi connectivity index (χ1) is 14.2. The maximum atomic E-state index is 13.1. The van der Waals surface area contributed by atoms with Crippen LogP contribution in [0.2, 0.25) is 0 Å². The molecule has 1 saturated heterocycles. The molecule has 1 aromatic rings. The number of carbonyl (C=O) groups excluding carboxylic acids is 3. The number of carbonyl (C=O) groups is 3. The van der Waals surface area contributed by atoms with Crippen molar-refractivity contribution in [3.63, 3.8) is 0 Å². The van der Waals surface area contributed by atoms with Crippen LogP contribution in [0.3, 0.4) is 0 Å². The first-order valence-corrected chi connectivity index (χ1v) is 11.2. The molecule has 6 heteroatoms. The summed E-state index contributed by atoms with van der Waals surface area (Å²) in [5.41, 5.74) is 2.10. The van der Waals surface area contributed by atoms with Crippen LogP contribution in [-0.4, -0.2) is 34.8 Å². The van der Waals surface area contributed by atoms with Crippen molar-refractivity contribution in [1.82, 2.24) is 10.2 Å². The Morgan fingerprint density at radius 2 is 1.70 bits per heavy atom. The zero-order valence-corrected chi connectivity index (χ0v) is 18.9. The molecule has 164 valence electrons. The number of nitrogens with zero attached hydrogens (tertiary/aromatic N) is 1. The van der Waals surface area contributed by atoms with Crippen LogP contribution < -0.4 is 10.6 Å². The lowest BCUT2D eigenvalue weighted by Crippen LogP contribution is -2.49. The Bertz CT molecular complexity index is 797. The van der Waals surface area contributed by atoms with Crippen molar-refractivity contribution in [1.29, 1.82) is 0 Å². The molecular formula is C24H35N3O3. The molecule has 0 radical (unpaired) electrons. The molecule has 0 unspecified atom stereocenters. The second-order valence-corrected chi connectivity index (χ2v) is 9.42. The number of amides is 4. The molecule has 0 aromatic heterocycles. The largest absolute Gasteiger partial charge is 0.325 e. The molecule has 1 aliphatic carbocycles. The quantitative estimate of drug-likeness (QED) is 0.660. The standard InChI is InChI=1S/C24H35N3O3/c1-6-17-10-12-24(13-11-17)22(29)27(23(30)26-24)14-20(28)25-21-18(15(2)3)8-7-9-19(21)16(4)5/h7-9,15-17H,6,10-14H2,1-5H3,(H,25,28)(H,26,30). The first kappa shape index (κ1) is 22.3. The summed E-state index contributed by atoms with van der Waals surface area (Å²) in [5, 5.41) is 5.90. The molecule has 2 aliphatic rings. The second kappa shape index (κ2) is 8.78. The monoisotopic (exact) mass is 413 g/mol. The number of nitrogens with one attached hydrogen (secondary N) is 2. The van der Waals surface area contributed by atoms with Gasteiger partial charge in [0.2, 0.25) is 5.91 Å². The SMILES string of the molecule is CCC1CCC2(CC1)NC(=O)N(CC(=O)Nc1c(C(C)C)cccc1C(C)C)C2=O. The van der Waals surface area contributed by atoms with Crippen molar-refractivity contribution >= 4 is 23.5 Å². The van der Waals surface area contributed by atoms with Crippen LogP contribution in [0.5, 0.6) is 0 Å². The molecular weight excluding hydrogens is 378 g/mol. The van der Waals surface area contributed by atoms with Crippen LogP contribution in [-0.2, 0) is 9.59 Å². The molecule has 1 aliphatic heterocycles. The smallest absolute Gasteiger partial charge is 0.324 e. The van der Waals surface area contributed by atoms with Gasteiger partial charge >= 0.3 is 6.03 Å². The number of hydrogen-bond acceptors (Lipinski definition) is 3. The lowest BCUT2D eigenvalue weighted by atomic mass is 9.75. The molecule has 0 atom stereocenters. The Labute approximate surface area is 179 Å². The van der Waals surface area contributed by atoms with E-state index >= 15 is 0 Å². The highest BCUT2D eigenvalue weighted by Crippen LogP contribution is 2.38. The number of benzene rings is 1. The number of rotatable bonds is 6. The van der Waals surface area contributed by atoms with E-state index in [-0.39, 0.29) is 30.2 Å². The van der Waals surface area contributed by atoms with Crippen molar-refractivity contribution in [3.8, 4) is 0 Å². The van der Waals surface area contributed by atoms with E-state index in [1.54, 1.807) is 0 Å². The van der Waals surface area contributed by atoms with Gasteiger partial charge in [0.1, 0.15) is 12.1 Å². The van der Waals surface area contributed by atoms with Crippen molar-refractivity contribution in [3.05, 3.63) is 29.3 Å². The summed E-state index contributed by atoms with van der Waals surface area (Å²) >= 11 is 0. The van der Waals surface area contributed by atoms with Gasteiger partial charge < -0.3 is 10.6 Å². The molecule has 1 heterocycles. The number of urea groups is 1. The van der Waals surface area contributed by atoms with E-state index in [4.69, 9.17) is 0 Å². The van der Waals surface area contributed by atoms with Crippen molar-refractivity contribution < 1.29 is 14.4 Å². The molecule has 3 rings (SSSR count). The van der Waals surface area contributed by atoms with Gasteiger partial charge in [-0.2, -0.15) is 0 Å². The Kier molecular flexibility index (Phi) is 6.53. The highest BCUT2D eigenvalue weighted by molar-refractivity contribution is 6.10. The van der Waals surface area contributed by atoms with Crippen molar-refractivity contribution in [2.75, 3.05) is 11.9 Å². The number of anilines is 1. The van der Waals surface area contributed by atoms with Gasteiger partial charge in [-0.05, 0) is 54.6 Å². The van der Waals surface area contributed by atoms with Gasteiger partial charge in [-0.1, -0.05) is 59.2 Å². The Morgan fingerprint density at radius 3 is 2.20 bits per heavy atom. The van der Waals surface area contributed by atoms with Crippen LogP contribution in [0.25, 0.3) is 0 Å². The summed E-state index contributed by atoms with van der Waals surface area (Å²) in [6, 6.07) is 5.59. The van der Waals surface area contributed by atoms with Gasteiger partial charge in [-0.15, -0.1) is 0 Å². The normalized spacial score (nSPS) is 24.1. The maximum Gasteiger partial charge on any atom is 0.325 e. The highest BCUT2D eigenvalue weighted by Gasteiger charge is 2.52. The fourth-order valence-electron chi connectivity index (χ4n) is 4.76. The van der Waals surface area contributed by atoms with E-state index < -0.39 is 11.6 Å². The minimum absolute atomic E-state index is 0.243. The minimum Gasteiger partial charge on any atom is -0.324 e.